The van der Waals surface area contributed by atoms with Gasteiger partial charge >= 0.3 is 0 Å². The minimum absolute atomic E-state index is 0.0227. The lowest BCUT2D eigenvalue weighted by Crippen LogP contribution is -2.45. The van der Waals surface area contributed by atoms with Crippen LogP contribution < -0.4 is 14.8 Å². The van der Waals surface area contributed by atoms with Gasteiger partial charge in [-0.15, -0.1) is 11.8 Å². The summed E-state index contributed by atoms with van der Waals surface area (Å²) in [7, 11) is -2.99. The number of carbonyl (C=O) groups excluding carboxylic acids is 1. The number of rotatable bonds is 9. The third-order valence-electron chi connectivity index (χ3n) is 4.68. The van der Waals surface area contributed by atoms with Crippen molar-refractivity contribution in [1.82, 2.24) is 4.72 Å². The van der Waals surface area contributed by atoms with Crippen molar-refractivity contribution in [2.24, 2.45) is 0 Å². The van der Waals surface area contributed by atoms with Crippen molar-refractivity contribution < 1.29 is 22.3 Å². The van der Waals surface area contributed by atoms with Gasteiger partial charge in [0.2, 0.25) is 15.9 Å². The first kappa shape index (κ1) is 23.8. The number of methoxy groups -OCH3 is 1. The number of nitrogens with one attached hydrogen (secondary N) is 2. The average Bonchev–Trinajstić information content (AvgIpc) is 2.79. The fourth-order valence-electron chi connectivity index (χ4n) is 3.12. The van der Waals surface area contributed by atoms with E-state index in [2.05, 4.69) is 10.0 Å². The zero-order valence-corrected chi connectivity index (χ0v) is 19.2. The monoisotopic (exact) mass is 474 g/mol. The molecule has 0 saturated heterocycles. The number of benzene rings is 3. The van der Waals surface area contributed by atoms with Gasteiger partial charge in [-0.25, -0.2) is 12.8 Å². The molecule has 2 N–H and O–H groups in total. The van der Waals surface area contributed by atoms with Crippen LogP contribution in [-0.4, -0.2) is 33.7 Å². The molecule has 6 nitrogen and oxygen atoms in total. The Hall–Kier alpha value is -2.88. The first-order chi connectivity index (χ1) is 15.3. The molecule has 3 aromatic rings. The van der Waals surface area contributed by atoms with Gasteiger partial charge in [0.05, 0.1) is 12.8 Å². The van der Waals surface area contributed by atoms with E-state index in [1.807, 2.05) is 24.5 Å². The molecule has 0 spiro atoms. The number of hydrogen-bond donors (Lipinski definition) is 2. The third kappa shape index (κ3) is 5.87. The molecule has 0 saturated carbocycles. The van der Waals surface area contributed by atoms with Crippen LogP contribution in [0.1, 0.15) is 5.56 Å². The highest BCUT2D eigenvalue weighted by Crippen LogP contribution is 2.26. The molecule has 0 aliphatic heterocycles. The standard InChI is InChI=1S/C23H23FN2O4S2/c1-30-20-13-12-17(24)15-22(20)32(28,29)26-19(14-16-8-4-3-5-9-16)23(27)25-18-10-6-7-11-21(18)31-2/h3-13,15,19,26H,14H2,1-2H3,(H,25,27). The fourth-order valence-corrected chi connectivity index (χ4v) is 5.05. The van der Waals surface area contributed by atoms with Gasteiger partial charge < -0.3 is 10.1 Å². The normalized spacial score (nSPS) is 12.2. The summed E-state index contributed by atoms with van der Waals surface area (Å²) in [5.74, 6) is -1.29. The Bertz CT molecular complexity index is 1190. The van der Waals surface area contributed by atoms with Crippen LogP contribution in [0.5, 0.6) is 5.75 Å². The quantitative estimate of drug-likeness (QED) is 0.457. The Labute approximate surface area is 191 Å². The number of thioether (sulfide) groups is 1. The van der Waals surface area contributed by atoms with E-state index in [0.717, 1.165) is 22.6 Å². The van der Waals surface area contributed by atoms with Crippen LogP contribution in [0.25, 0.3) is 0 Å². The first-order valence-corrected chi connectivity index (χ1v) is 12.4. The highest BCUT2D eigenvalue weighted by molar-refractivity contribution is 7.98. The fraction of sp³-hybridized carbons (Fsp3) is 0.174. The number of amides is 1. The molecule has 0 radical (unpaired) electrons. The molecule has 0 bridgehead atoms. The maximum atomic E-state index is 13.8. The van der Waals surface area contributed by atoms with Crippen LogP contribution in [-0.2, 0) is 21.2 Å². The van der Waals surface area contributed by atoms with Gasteiger partial charge in [-0.1, -0.05) is 42.5 Å². The van der Waals surface area contributed by atoms with E-state index in [4.69, 9.17) is 4.74 Å². The van der Waals surface area contributed by atoms with E-state index in [-0.39, 0.29) is 17.1 Å². The largest absolute Gasteiger partial charge is 0.495 e. The Kier molecular flexibility index (Phi) is 7.89. The minimum atomic E-state index is -4.28. The molecule has 0 heterocycles. The molecular weight excluding hydrogens is 451 g/mol. The molecule has 0 aliphatic carbocycles. The summed E-state index contributed by atoms with van der Waals surface area (Å²) in [6.07, 6.45) is 1.98. The second kappa shape index (κ2) is 10.6. The Balaban J connectivity index is 1.94. The first-order valence-electron chi connectivity index (χ1n) is 9.67. The van der Waals surface area contributed by atoms with Gasteiger partial charge in [-0.2, -0.15) is 4.72 Å². The van der Waals surface area contributed by atoms with Crippen LogP contribution in [0.2, 0.25) is 0 Å². The van der Waals surface area contributed by atoms with Crippen molar-refractivity contribution in [1.29, 1.82) is 0 Å². The summed E-state index contributed by atoms with van der Waals surface area (Å²) in [6.45, 7) is 0. The molecule has 0 fully saturated rings. The Morgan fingerprint density at radius 3 is 2.44 bits per heavy atom. The summed E-state index contributed by atoms with van der Waals surface area (Å²) in [5, 5.41) is 2.80. The van der Waals surface area contributed by atoms with Gasteiger partial charge in [0.25, 0.3) is 0 Å². The second-order valence-electron chi connectivity index (χ2n) is 6.85. The smallest absolute Gasteiger partial charge is 0.245 e. The van der Waals surface area contributed by atoms with Crippen molar-refractivity contribution >= 4 is 33.4 Å². The molecule has 1 unspecified atom stereocenters. The van der Waals surface area contributed by atoms with Crippen LogP contribution in [0, 0.1) is 5.82 Å². The molecular formula is C23H23FN2O4S2. The number of ether oxygens (including phenoxy) is 1. The Morgan fingerprint density at radius 2 is 1.75 bits per heavy atom. The molecule has 1 atom stereocenters. The van der Waals surface area contributed by atoms with Crippen molar-refractivity contribution in [3.05, 3.63) is 84.2 Å². The van der Waals surface area contributed by atoms with E-state index in [0.29, 0.717) is 5.69 Å². The van der Waals surface area contributed by atoms with Crippen LogP contribution in [0.15, 0.2) is 82.6 Å². The summed E-state index contributed by atoms with van der Waals surface area (Å²) in [5.41, 5.74) is 1.34. The van der Waals surface area contributed by atoms with Crippen molar-refractivity contribution in [3.63, 3.8) is 0 Å². The van der Waals surface area contributed by atoms with Crippen molar-refractivity contribution in [2.45, 2.75) is 22.3 Å². The third-order valence-corrected chi connectivity index (χ3v) is 6.97. The van der Waals surface area contributed by atoms with Crippen LogP contribution >= 0.6 is 11.8 Å². The lowest BCUT2D eigenvalue weighted by molar-refractivity contribution is -0.117. The topological polar surface area (TPSA) is 84.5 Å². The molecule has 168 valence electrons. The van der Waals surface area contributed by atoms with Crippen molar-refractivity contribution in [3.8, 4) is 5.75 Å². The van der Waals surface area contributed by atoms with Crippen LogP contribution in [0.4, 0.5) is 10.1 Å². The van der Waals surface area contributed by atoms with Gasteiger partial charge in [-0.05, 0) is 48.6 Å². The second-order valence-corrected chi connectivity index (χ2v) is 9.38. The predicted molar refractivity (Wildman–Crippen MR) is 124 cm³/mol. The molecule has 9 heteroatoms. The van der Waals surface area contributed by atoms with E-state index >= 15 is 0 Å². The van der Waals surface area contributed by atoms with Gasteiger partial charge in [-0.3, -0.25) is 4.79 Å². The zero-order chi connectivity index (χ0) is 23.1. The number of sulfonamides is 1. The number of carbonyl (C=O) groups is 1. The maximum absolute atomic E-state index is 13.8. The summed E-state index contributed by atoms with van der Waals surface area (Å²) in [4.78, 5) is 13.6. The number of hydrogen-bond acceptors (Lipinski definition) is 5. The molecule has 1 amide bonds. The predicted octanol–water partition coefficient (Wildman–Crippen LogP) is 4.08. The molecule has 3 rings (SSSR count). The number of para-hydroxylation sites is 1. The van der Waals surface area contributed by atoms with Gasteiger partial charge in [0.15, 0.2) is 0 Å². The van der Waals surface area contributed by atoms with E-state index in [1.165, 1.54) is 24.9 Å². The zero-order valence-electron chi connectivity index (χ0n) is 17.5. The highest BCUT2D eigenvalue weighted by atomic mass is 32.2. The van der Waals surface area contributed by atoms with Crippen LogP contribution in [0.3, 0.4) is 0 Å². The van der Waals surface area contributed by atoms with Crippen molar-refractivity contribution in [2.75, 3.05) is 18.7 Å². The molecule has 0 aliphatic rings. The number of anilines is 1. The summed E-state index contributed by atoms with van der Waals surface area (Å²) < 4.78 is 47.5. The number of halogens is 1. The minimum Gasteiger partial charge on any atom is -0.495 e. The maximum Gasteiger partial charge on any atom is 0.245 e. The molecule has 0 aromatic heterocycles. The van der Waals surface area contributed by atoms with E-state index < -0.39 is 27.8 Å². The molecule has 32 heavy (non-hydrogen) atoms. The Morgan fingerprint density at radius 1 is 1.06 bits per heavy atom. The lowest BCUT2D eigenvalue weighted by Gasteiger charge is -2.20. The van der Waals surface area contributed by atoms with Gasteiger partial charge in [0, 0.05) is 4.90 Å². The average molecular weight is 475 g/mol. The van der Waals surface area contributed by atoms with E-state index in [9.17, 15) is 17.6 Å². The van der Waals surface area contributed by atoms with Gasteiger partial charge in [0.1, 0.15) is 22.5 Å². The van der Waals surface area contributed by atoms with E-state index in [1.54, 1.807) is 36.4 Å². The molecule has 3 aromatic carbocycles. The summed E-state index contributed by atoms with van der Waals surface area (Å²) >= 11 is 1.46. The summed E-state index contributed by atoms with van der Waals surface area (Å²) in [6, 6.07) is 18.3. The lowest BCUT2D eigenvalue weighted by atomic mass is 10.1. The highest BCUT2D eigenvalue weighted by Gasteiger charge is 2.29. The SMILES string of the molecule is COc1ccc(F)cc1S(=O)(=O)NC(Cc1ccccc1)C(=O)Nc1ccccc1SC.